The van der Waals surface area contributed by atoms with Crippen molar-refractivity contribution in [3.05, 3.63) is 28.7 Å². The molecule has 0 aliphatic rings. The molecule has 0 aromatic heterocycles. The minimum absolute atomic E-state index is 0.0504. The van der Waals surface area contributed by atoms with Crippen LogP contribution in [-0.4, -0.2) is 19.5 Å². The fourth-order valence-corrected chi connectivity index (χ4v) is 3.42. The summed E-state index contributed by atoms with van der Waals surface area (Å²) in [4.78, 5) is 11.2. The summed E-state index contributed by atoms with van der Waals surface area (Å²) < 4.78 is 24.8. The molecule has 0 saturated carbocycles. The van der Waals surface area contributed by atoms with E-state index in [4.69, 9.17) is 0 Å². The number of ketones is 1. The lowest BCUT2D eigenvalue weighted by Gasteiger charge is -2.11. The van der Waals surface area contributed by atoms with Crippen molar-refractivity contribution in [3.63, 3.8) is 0 Å². The summed E-state index contributed by atoms with van der Waals surface area (Å²) in [6, 6.07) is 6.51. The Kier molecular flexibility index (Phi) is 4.27. The van der Waals surface area contributed by atoms with E-state index in [2.05, 4.69) is 15.9 Å². The minimum Gasteiger partial charge on any atom is -0.300 e. The highest BCUT2D eigenvalue weighted by Gasteiger charge is 2.24. The van der Waals surface area contributed by atoms with Crippen molar-refractivity contribution in [2.75, 3.05) is 0 Å². The standard InChI is InChI=1S/C11H13BrO3S/c1-8(13)6-9(2)16(14,15)11-5-3-4-10(12)7-11/h3-5,7,9H,6H2,1-2H3. The highest BCUT2D eigenvalue weighted by molar-refractivity contribution is 9.10. The third-order valence-electron chi connectivity index (χ3n) is 2.23. The molecule has 1 aromatic rings. The first-order valence-corrected chi connectivity index (χ1v) is 7.17. The molecule has 88 valence electrons. The van der Waals surface area contributed by atoms with Gasteiger partial charge < -0.3 is 0 Å². The highest BCUT2D eigenvalue weighted by atomic mass is 79.9. The third kappa shape index (κ3) is 3.15. The van der Waals surface area contributed by atoms with Gasteiger partial charge in [-0.2, -0.15) is 0 Å². The molecular formula is C11H13BrO3S. The Balaban J connectivity index is 3.07. The summed E-state index contributed by atoms with van der Waals surface area (Å²) in [7, 11) is -3.41. The second kappa shape index (κ2) is 5.10. The molecule has 0 spiro atoms. The van der Waals surface area contributed by atoms with Crippen molar-refractivity contribution in [2.45, 2.75) is 30.4 Å². The summed E-state index contributed by atoms with van der Waals surface area (Å²) in [6.07, 6.45) is 0.0504. The SMILES string of the molecule is CC(=O)CC(C)S(=O)(=O)c1cccc(Br)c1. The van der Waals surface area contributed by atoms with E-state index >= 15 is 0 Å². The Hall–Kier alpha value is -0.680. The summed E-state index contributed by atoms with van der Waals surface area (Å²) in [6.45, 7) is 2.95. The number of hydrogen-bond donors (Lipinski definition) is 0. The first-order valence-electron chi connectivity index (χ1n) is 4.83. The Morgan fingerprint density at radius 3 is 2.56 bits per heavy atom. The maximum atomic E-state index is 12.0. The normalized spacial score (nSPS) is 13.4. The maximum Gasteiger partial charge on any atom is 0.181 e. The van der Waals surface area contributed by atoms with Gasteiger partial charge in [0.2, 0.25) is 0 Å². The van der Waals surface area contributed by atoms with Crippen LogP contribution in [0.15, 0.2) is 33.6 Å². The van der Waals surface area contributed by atoms with Gasteiger partial charge in [-0.05, 0) is 32.0 Å². The van der Waals surface area contributed by atoms with Crippen LogP contribution < -0.4 is 0 Å². The molecule has 0 fully saturated rings. The molecule has 16 heavy (non-hydrogen) atoms. The number of sulfone groups is 1. The molecular weight excluding hydrogens is 292 g/mol. The number of halogens is 1. The maximum absolute atomic E-state index is 12.0. The summed E-state index contributed by atoms with van der Waals surface area (Å²) >= 11 is 3.22. The first kappa shape index (κ1) is 13.4. The molecule has 0 radical (unpaired) electrons. The Morgan fingerprint density at radius 2 is 2.06 bits per heavy atom. The average Bonchev–Trinajstić information content (AvgIpc) is 2.16. The Bertz CT molecular complexity index is 494. The molecule has 1 rings (SSSR count). The van der Waals surface area contributed by atoms with Crippen LogP contribution in [0.4, 0.5) is 0 Å². The van der Waals surface area contributed by atoms with Crippen LogP contribution in [0.2, 0.25) is 0 Å². The highest BCUT2D eigenvalue weighted by Crippen LogP contribution is 2.21. The van der Waals surface area contributed by atoms with Gasteiger partial charge in [-0.1, -0.05) is 22.0 Å². The van der Waals surface area contributed by atoms with E-state index in [9.17, 15) is 13.2 Å². The van der Waals surface area contributed by atoms with Crippen molar-refractivity contribution in [2.24, 2.45) is 0 Å². The first-order chi connectivity index (χ1) is 7.34. The molecule has 1 unspecified atom stereocenters. The number of benzene rings is 1. The lowest BCUT2D eigenvalue weighted by molar-refractivity contribution is -0.116. The van der Waals surface area contributed by atoms with Gasteiger partial charge in [0.25, 0.3) is 0 Å². The van der Waals surface area contributed by atoms with Crippen molar-refractivity contribution in [3.8, 4) is 0 Å². The van der Waals surface area contributed by atoms with Gasteiger partial charge in [0.05, 0.1) is 10.1 Å². The van der Waals surface area contributed by atoms with Crippen LogP contribution >= 0.6 is 15.9 Å². The molecule has 0 aliphatic carbocycles. The molecule has 1 atom stereocenters. The van der Waals surface area contributed by atoms with E-state index in [0.717, 1.165) is 0 Å². The number of hydrogen-bond acceptors (Lipinski definition) is 3. The van der Waals surface area contributed by atoms with Crippen molar-refractivity contribution < 1.29 is 13.2 Å². The van der Waals surface area contributed by atoms with Gasteiger partial charge in [-0.15, -0.1) is 0 Å². The predicted octanol–water partition coefficient (Wildman–Crippen LogP) is 2.59. The largest absolute Gasteiger partial charge is 0.300 e. The number of Topliss-reactive ketones (excluding diaryl/α,β-unsaturated/α-hetero) is 1. The van der Waals surface area contributed by atoms with Gasteiger partial charge in [0.15, 0.2) is 9.84 Å². The molecule has 3 nitrogen and oxygen atoms in total. The van der Waals surface area contributed by atoms with Gasteiger partial charge in [0.1, 0.15) is 5.78 Å². The van der Waals surface area contributed by atoms with Gasteiger partial charge in [-0.25, -0.2) is 8.42 Å². The van der Waals surface area contributed by atoms with Crippen LogP contribution in [0, 0.1) is 0 Å². The van der Waals surface area contributed by atoms with Crippen molar-refractivity contribution >= 4 is 31.6 Å². The van der Waals surface area contributed by atoms with E-state index in [1.165, 1.54) is 13.0 Å². The summed E-state index contributed by atoms with van der Waals surface area (Å²) in [5.41, 5.74) is 0. The fourth-order valence-electron chi connectivity index (χ4n) is 1.39. The van der Waals surface area contributed by atoms with E-state index < -0.39 is 15.1 Å². The lowest BCUT2D eigenvalue weighted by Crippen LogP contribution is -2.20. The molecule has 1 aromatic carbocycles. The molecule has 0 amide bonds. The van der Waals surface area contributed by atoms with Crippen LogP contribution in [0.3, 0.4) is 0 Å². The van der Waals surface area contributed by atoms with Crippen molar-refractivity contribution in [1.82, 2.24) is 0 Å². The van der Waals surface area contributed by atoms with Crippen LogP contribution in [-0.2, 0) is 14.6 Å². The third-order valence-corrected chi connectivity index (χ3v) is 4.86. The summed E-state index contributed by atoms with van der Waals surface area (Å²) in [5, 5.41) is -0.681. The number of rotatable bonds is 4. The zero-order valence-corrected chi connectivity index (χ0v) is 11.5. The molecule has 0 bridgehead atoms. The minimum atomic E-state index is -3.41. The molecule has 0 heterocycles. The number of carbonyl (C=O) groups is 1. The molecule has 0 saturated heterocycles. The Labute approximate surface area is 104 Å². The quantitative estimate of drug-likeness (QED) is 0.859. The molecule has 5 heteroatoms. The van der Waals surface area contributed by atoms with Crippen molar-refractivity contribution in [1.29, 1.82) is 0 Å². The van der Waals surface area contributed by atoms with Crippen LogP contribution in [0.25, 0.3) is 0 Å². The zero-order valence-electron chi connectivity index (χ0n) is 9.10. The average molecular weight is 305 g/mol. The monoisotopic (exact) mass is 304 g/mol. The van der Waals surface area contributed by atoms with Gasteiger partial charge in [0, 0.05) is 10.9 Å². The molecule has 0 aliphatic heterocycles. The fraction of sp³-hybridized carbons (Fsp3) is 0.364. The van der Waals surface area contributed by atoms with Crippen LogP contribution in [0.5, 0.6) is 0 Å². The lowest BCUT2D eigenvalue weighted by atomic mass is 10.2. The molecule has 0 N–H and O–H groups in total. The van der Waals surface area contributed by atoms with Gasteiger partial charge >= 0.3 is 0 Å². The predicted molar refractivity (Wildman–Crippen MR) is 66.1 cm³/mol. The number of carbonyl (C=O) groups excluding carboxylic acids is 1. The van der Waals surface area contributed by atoms with E-state index in [1.807, 2.05) is 0 Å². The summed E-state index contributed by atoms with van der Waals surface area (Å²) in [5.74, 6) is -0.119. The van der Waals surface area contributed by atoms with Crippen LogP contribution in [0.1, 0.15) is 20.3 Å². The second-order valence-electron chi connectivity index (χ2n) is 3.72. The Morgan fingerprint density at radius 1 is 1.44 bits per heavy atom. The van der Waals surface area contributed by atoms with E-state index in [-0.39, 0.29) is 17.1 Å². The van der Waals surface area contributed by atoms with E-state index in [1.54, 1.807) is 25.1 Å². The van der Waals surface area contributed by atoms with Gasteiger partial charge in [-0.3, -0.25) is 4.79 Å². The second-order valence-corrected chi connectivity index (χ2v) is 7.00. The van der Waals surface area contributed by atoms with E-state index in [0.29, 0.717) is 4.47 Å². The zero-order chi connectivity index (χ0) is 12.3. The topological polar surface area (TPSA) is 51.2 Å². The smallest absolute Gasteiger partial charge is 0.181 e.